The maximum atomic E-state index is 13.0. The van der Waals surface area contributed by atoms with Gasteiger partial charge < -0.3 is 9.32 Å². The molecule has 0 N–H and O–H groups in total. The normalized spacial score (nSPS) is 10.7. The fraction of sp³-hybridized carbons (Fsp3) is 0.0870. The standard InChI is InChI=1S/C23H18ClN3O2S/c24-20-14-8-7-13-19(20)22-25-26-23(29-22)30-16-21(28)27(18-11-5-2-6-12-18)15-17-9-3-1-4-10-17/h1-14H,15-16H2. The highest BCUT2D eigenvalue weighted by Crippen LogP contribution is 2.29. The molecular formula is C23H18ClN3O2S. The summed E-state index contributed by atoms with van der Waals surface area (Å²) in [6.07, 6.45) is 0. The molecule has 1 heterocycles. The minimum Gasteiger partial charge on any atom is -0.411 e. The van der Waals surface area contributed by atoms with Crippen molar-refractivity contribution in [2.45, 2.75) is 11.8 Å². The number of aromatic nitrogens is 2. The number of thioether (sulfide) groups is 1. The third-order valence-electron chi connectivity index (χ3n) is 4.38. The third kappa shape index (κ3) is 4.90. The van der Waals surface area contributed by atoms with Gasteiger partial charge >= 0.3 is 0 Å². The fourth-order valence-electron chi connectivity index (χ4n) is 2.91. The molecule has 0 atom stereocenters. The molecule has 5 nitrogen and oxygen atoms in total. The number of halogens is 1. The van der Waals surface area contributed by atoms with Crippen LogP contribution in [-0.4, -0.2) is 21.9 Å². The summed E-state index contributed by atoms with van der Waals surface area (Å²) in [4.78, 5) is 14.8. The maximum absolute atomic E-state index is 13.0. The number of amides is 1. The Morgan fingerprint density at radius 3 is 2.30 bits per heavy atom. The molecule has 0 radical (unpaired) electrons. The van der Waals surface area contributed by atoms with Crippen LogP contribution in [-0.2, 0) is 11.3 Å². The van der Waals surface area contributed by atoms with E-state index in [2.05, 4.69) is 10.2 Å². The topological polar surface area (TPSA) is 59.2 Å². The molecule has 150 valence electrons. The van der Waals surface area contributed by atoms with Crippen LogP contribution in [0.2, 0.25) is 5.02 Å². The summed E-state index contributed by atoms with van der Waals surface area (Å²) in [6, 6.07) is 26.8. The van der Waals surface area contributed by atoms with E-state index in [4.69, 9.17) is 16.0 Å². The lowest BCUT2D eigenvalue weighted by molar-refractivity contribution is -0.116. The summed E-state index contributed by atoms with van der Waals surface area (Å²) >= 11 is 7.40. The fourth-order valence-corrected chi connectivity index (χ4v) is 3.77. The lowest BCUT2D eigenvalue weighted by Crippen LogP contribution is -2.31. The van der Waals surface area contributed by atoms with Gasteiger partial charge in [-0.05, 0) is 29.8 Å². The van der Waals surface area contributed by atoms with Crippen molar-refractivity contribution in [2.24, 2.45) is 0 Å². The smallest absolute Gasteiger partial charge is 0.277 e. The molecule has 3 aromatic carbocycles. The summed E-state index contributed by atoms with van der Waals surface area (Å²) in [5.74, 6) is 0.457. The van der Waals surface area contributed by atoms with Gasteiger partial charge in [-0.1, -0.05) is 84.0 Å². The van der Waals surface area contributed by atoms with E-state index >= 15 is 0 Å². The van der Waals surface area contributed by atoms with E-state index in [1.807, 2.05) is 78.9 Å². The zero-order valence-corrected chi connectivity index (χ0v) is 17.5. The van der Waals surface area contributed by atoms with Crippen LogP contribution in [0.3, 0.4) is 0 Å². The SMILES string of the molecule is O=C(CSc1nnc(-c2ccccc2Cl)o1)N(Cc1ccccc1)c1ccccc1. The summed E-state index contributed by atoms with van der Waals surface area (Å²) in [5.41, 5.74) is 2.56. The van der Waals surface area contributed by atoms with E-state index in [0.29, 0.717) is 28.2 Å². The quantitative estimate of drug-likeness (QED) is 0.348. The lowest BCUT2D eigenvalue weighted by atomic mass is 10.2. The largest absolute Gasteiger partial charge is 0.411 e. The first-order valence-electron chi connectivity index (χ1n) is 9.31. The van der Waals surface area contributed by atoms with Crippen molar-refractivity contribution in [1.82, 2.24) is 10.2 Å². The van der Waals surface area contributed by atoms with E-state index in [-0.39, 0.29) is 11.7 Å². The number of benzene rings is 3. The first-order chi connectivity index (χ1) is 14.7. The van der Waals surface area contributed by atoms with Crippen LogP contribution in [0.15, 0.2) is 94.6 Å². The van der Waals surface area contributed by atoms with Crippen molar-refractivity contribution in [3.63, 3.8) is 0 Å². The summed E-state index contributed by atoms with van der Waals surface area (Å²) in [7, 11) is 0. The van der Waals surface area contributed by atoms with Gasteiger partial charge in [0.25, 0.3) is 5.22 Å². The van der Waals surface area contributed by atoms with Crippen LogP contribution in [0.1, 0.15) is 5.56 Å². The second-order valence-corrected chi connectivity index (χ2v) is 7.78. The van der Waals surface area contributed by atoms with Gasteiger partial charge in [-0.3, -0.25) is 4.79 Å². The van der Waals surface area contributed by atoms with Gasteiger partial charge in [0, 0.05) is 5.69 Å². The van der Waals surface area contributed by atoms with Crippen LogP contribution in [0.5, 0.6) is 0 Å². The average molecular weight is 436 g/mol. The highest BCUT2D eigenvalue weighted by molar-refractivity contribution is 7.99. The summed E-state index contributed by atoms with van der Waals surface area (Å²) in [5, 5.41) is 8.95. The molecule has 0 saturated heterocycles. The molecule has 0 unspecified atom stereocenters. The van der Waals surface area contributed by atoms with Crippen LogP contribution in [0, 0.1) is 0 Å². The first-order valence-corrected chi connectivity index (χ1v) is 10.7. The van der Waals surface area contributed by atoms with E-state index in [1.54, 1.807) is 11.0 Å². The number of hydrogen-bond donors (Lipinski definition) is 0. The molecular weight excluding hydrogens is 418 g/mol. The van der Waals surface area contributed by atoms with Crippen molar-refractivity contribution < 1.29 is 9.21 Å². The van der Waals surface area contributed by atoms with Crippen molar-refractivity contribution in [3.8, 4) is 11.5 Å². The summed E-state index contributed by atoms with van der Waals surface area (Å²) in [6.45, 7) is 0.485. The Balaban J connectivity index is 1.47. The zero-order chi connectivity index (χ0) is 20.8. The minimum atomic E-state index is -0.0486. The summed E-state index contributed by atoms with van der Waals surface area (Å²) < 4.78 is 5.69. The molecule has 0 aliphatic heterocycles. The number of para-hydroxylation sites is 1. The van der Waals surface area contributed by atoms with Gasteiger partial charge in [0.05, 0.1) is 22.9 Å². The van der Waals surface area contributed by atoms with E-state index in [0.717, 1.165) is 11.3 Å². The molecule has 1 amide bonds. The number of anilines is 1. The molecule has 4 rings (SSSR count). The Kier molecular flexibility index (Phi) is 6.47. The molecule has 7 heteroatoms. The van der Waals surface area contributed by atoms with E-state index < -0.39 is 0 Å². The monoisotopic (exact) mass is 435 g/mol. The van der Waals surface area contributed by atoms with Crippen molar-refractivity contribution in [2.75, 3.05) is 10.7 Å². The highest BCUT2D eigenvalue weighted by Gasteiger charge is 2.19. The first kappa shape index (κ1) is 20.2. The number of rotatable bonds is 7. The lowest BCUT2D eigenvalue weighted by Gasteiger charge is -2.22. The molecule has 0 spiro atoms. The van der Waals surface area contributed by atoms with Gasteiger partial charge in [0.2, 0.25) is 11.8 Å². The number of nitrogens with zero attached hydrogens (tertiary/aromatic N) is 3. The third-order valence-corrected chi connectivity index (χ3v) is 5.52. The number of carbonyl (C=O) groups is 1. The van der Waals surface area contributed by atoms with Crippen LogP contribution in [0.4, 0.5) is 5.69 Å². The van der Waals surface area contributed by atoms with Crippen molar-refractivity contribution in [1.29, 1.82) is 0 Å². The van der Waals surface area contributed by atoms with Gasteiger partial charge in [0.15, 0.2) is 0 Å². The van der Waals surface area contributed by atoms with Gasteiger partial charge in [-0.15, -0.1) is 10.2 Å². The Bertz CT molecular complexity index is 1120. The zero-order valence-electron chi connectivity index (χ0n) is 15.9. The predicted molar refractivity (Wildman–Crippen MR) is 120 cm³/mol. The van der Waals surface area contributed by atoms with Crippen molar-refractivity contribution >= 4 is 35.0 Å². The van der Waals surface area contributed by atoms with E-state index in [9.17, 15) is 4.79 Å². The molecule has 4 aromatic rings. The molecule has 0 fully saturated rings. The Morgan fingerprint density at radius 1 is 0.900 bits per heavy atom. The van der Waals surface area contributed by atoms with Gasteiger partial charge in [-0.2, -0.15) is 0 Å². The van der Waals surface area contributed by atoms with Crippen molar-refractivity contribution in [3.05, 3.63) is 95.5 Å². The predicted octanol–water partition coefficient (Wildman–Crippen LogP) is 5.72. The van der Waals surface area contributed by atoms with Crippen LogP contribution < -0.4 is 4.90 Å². The van der Waals surface area contributed by atoms with Crippen LogP contribution >= 0.6 is 23.4 Å². The highest BCUT2D eigenvalue weighted by atomic mass is 35.5. The number of hydrogen-bond acceptors (Lipinski definition) is 5. The van der Waals surface area contributed by atoms with E-state index in [1.165, 1.54) is 11.8 Å². The minimum absolute atomic E-state index is 0.0486. The van der Waals surface area contributed by atoms with Gasteiger partial charge in [-0.25, -0.2) is 0 Å². The Labute approximate surface area is 183 Å². The average Bonchev–Trinajstić information content (AvgIpc) is 3.26. The molecule has 30 heavy (non-hydrogen) atoms. The Morgan fingerprint density at radius 2 is 1.57 bits per heavy atom. The second-order valence-electron chi connectivity index (χ2n) is 6.44. The molecule has 0 saturated carbocycles. The molecule has 0 aliphatic carbocycles. The molecule has 0 aliphatic rings. The van der Waals surface area contributed by atoms with Crippen LogP contribution in [0.25, 0.3) is 11.5 Å². The molecule has 0 bridgehead atoms. The Hall–Kier alpha value is -3.09. The van der Waals surface area contributed by atoms with Gasteiger partial charge in [0.1, 0.15) is 0 Å². The number of carbonyl (C=O) groups excluding carboxylic acids is 1. The maximum Gasteiger partial charge on any atom is 0.277 e. The second kappa shape index (κ2) is 9.61. The molecule has 1 aromatic heterocycles.